The molecule has 6 heteroatoms. The van der Waals surface area contributed by atoms with E-state index in [0.29, 0.717) is 17.8 Å². The lowest BCUT2D eigenvalue weighted by Crippen LogP contribution is -2.55. The van der Waals surface area contributed by atoms with Gasteiger partial charge in [-0.25, -0.2) is 0 Å². The van der Waals surface area contributed by atoms with Crippen LogP contribution in [0, 0.1) is 0 Å². The van der Waals surface area contributed by atoms with E-state index in [4.69, 9.17) is 14.2 Å². The van der Waals surface area contributed by atoms with Crippen molar-refractivity contribution in [3.8, 4) is 17.2 Å². The van der Waals surface area contributed by atoms with Crippen LogP contribution in [0.2, 0.25) is 0 Å². The third-order valence-electron chi connectivity index (χ3n) is 5.47. The maximum absolute atomic E-state index is 9.45. The molecule has 2 saturated heterocycles. The van der Waals surface area contributed by atoms with Crippen LogP contribution < -0.4 is 14.2 Å². The number of methoxy groups -OCH3 is 1. The van der Waals surface area contributed by atoms with Gasteiger partial charge in [-0.2, -0.15) is 0 Å². The smallest absolute Gasteiger partial charge is 0.231 e. The van der Waals surface area contributed by atoms with Crippen molar-refractivity contribution in [1.29, 1.82) is 0 Å². The van der Waals surface area contributed by atoms with E-state index in [-0.39, 0.29) is 13.4 Å². The second-order valence-electron chi connectivity index (χ2n) is 6.92. The molecule has 0 aromatic heterocycles. The zero-order chi connectivity index (χ0) is 16.5. The van der Waals surface area contributed by atoms with E-state index in [1.807, 2.05) is 6.07 Å². The van der Waals surface area contributed by atoms with Crippen LogP contribution in [-0.2, 0) is 6.54 Å². The average Bonchev–Trinajstić information content (AvgIpc) is 3.23. The number of hydrogen-bond acceptors (Lipinski definition) is 6. The zero-order valence-electron chi connectivity index (χ0n) is 14.2. The molecule has 0 saturated carbocycles. The van der Waals surface area contributed by atoms with Crippen molar-refractivity contribution >= 4 is 0 Å². The number of nitrogens with zero attached hydrogens (tertiary/aromatic N) is 2. The van der Waals surface area contributed by atoms with E-state index in [1.54, 1.807) is 7.11 Å². The third kappa shape index (κ3) is 2.94. The highest BCUT2D eigenvalue weighted by Crippen LogP contribution is 2.42. The Labute approximate surface area is 142 Å². The van der Waals surface area contributed by atoms with E-state index < -0.39 is 0 Å². The van der Waals surface area contributed by atoms with Crippen molar-refractivity contribution in [1.82, 2.24) is 9.80 Å². The number of rotatable bonds is 5. The van der Waals surface area contributed by atoms with Gasteiger partial charge in [0.1, 0.15) is 0 Å². The van der Waals surface area contributed by atoms with Gasteiger partial charge in [-0.3, -0.25) is 9.80 Å². The van der Waals surface area contributed by atoms with Gasteiger partial charge >= 0.3 is 0 Å². The van der Waals surface area contributed by atoms with Crippen LogP contribution in [0.1, 0.15) is 24.8 Å². The van der Waals surface area contributed by atoms with Gasteiger partial charge in [0, 0.05) is 38.3 Å². The van der Waals surface area contributed by atoms with Crippen molar-refractivity contribution in [2.24, 2.45) is 0 Å². The van der Waals surface area contributed by atoms with Gasteiger partial charge < -0.3 is 19.3 Å². The molecule has 0 amide bonds. The first-order valence-electron chi connectivity index (χ1n) is 8.84. The molecular weight excluding hydrogens is 308 g/mol. The molecule has 3 heterocycles. The molecule has 0 unspecified atom stereocenters. The fraction of sp³-hybridized carbons (Fsp3) is 0.667. The van der Waals surface area contributed by atoms with Crippen LogP contribution in [0.25, 0.3) is 0 Å². The summed E-state index contributed by atoms with van der Waals surface area (Å²) < 4.78 is 16.5. The topological polar surface area (TPSA) is 54.4 Å². The molecule has 0 spiro atoms. The molecule has 2 fully saturated rings. The van der Waals surface area contributed by atoms with Crippen molar-refractivity contribution in [3.05, 3.63) is 17.7 Å². The lowest BCUT2D eigenvalue weighted by molar-refractivity contribution is 0.0333. The summed E-state index contributed by atoms with van der Waals surface area (Å²) in [5.74, 6) is 2.20. The van der Waals surface area contributed by atoms with Crippen molar-refractivity contribution in [3.63, 3.8) is 0 Å². The fourth-order valence-electron chi connectivity index (χ4n) is 4.27. The van der Waals surface area contributed by atoms with Gasteiger partial charge in [0.05, 0.1) is 7.11 Å². The molecule has 0 radical (unpaired) electrons. The Morgan fingerprint density at radius 2 is 2.21 bits per heavy atom. The summed E-state index contributed by atoms with van der Waals surface area (Å²) in [5, 5.41) is 9.45. The normalized spacial score (nSPS) is 26.6. The molecule has 132 valence electrons. The zero-order valence-corrected chi connectivity index (χ0v) is 14.2. The van der Waals surface area contributed by atoms with Crippen LogP contribution in [0.5, 0.6) is 17.2 Å². The lowest BCUT2D eigenvalue weighted by Gasteiger charge is -2.43. The maximum Gasteiger partial charge on any atom is 0.231 e. The predicted octanol–water partition coefficient (Wildman–Crippen LogP) is 1.45. The van der Waals surface area contributed by atoms with Crippen LogP contribution >= 0.6 is 0 Å². The number of aliphatic hydroxyl groups is 1. The standard InChI is InChI=1S/C18H26N2O4/c1-22-16-7-13(8-17-18(16)24-12-23-17)9-20-11-14-3-2-5-19(14)10-15(20)4-6-21/h7-8,14-15,21H,2-6,9-12H2,1H3/t14-,15+/m1/s1. The summed E-state index contributed by atoms with van der Waals surface area (Å²) in [6, 6.07) is 5.17. The van der Waals surface area contributed by atoms with Gasteiger partial charge in [0.15, 0.2) is 11.5 Å². The molecule has 0 aliphatic carbocycles. The Balaban J connectivity index is 1.54. The van der Waals surface area contributed by atoms with E-state index >= 15 is 0 Å². The Kier molecular flexibility index (Phi) is 4.52. The van der Waals surface area contributed by atoms with Crippen LogP contribution in [0.15, 0.2) is 12.1 Å². The molecular formula is C18H26N2O4. The van der Waals surface area contributed by atoms with E-state index in [0.717, 1.165) is 37.6 Å². The summed E-state index contributed by atoms with van der Waals surface area (Å²) in [5.41, 5.74) is 1.17. The van der Waals surface area contributed by atoms with Gasteiger partial charge in [-0.15, -0.1) is 0 Å². The minimum atomic E-state index is 0.240. The fourth-order valence-corrected chi connectivity index (χ4v) is 4.27. The average molecular weight is 334 g/mol. The maximum atomic E-state index is 9.45. The molecule has 0 bridgehead atoms. The first-order valence-corrected chi connectivity index (χ1v) is 8.84. The summed E-state index contributed by atoms with van der Waals surface area (Å²) in [7, 11) is 1.66. The quantitative estimate of drug-likeness (QED) is 0.880. The van der Waals surface area contributed by atoms with Crippen molar-refractivity contribution in [2.75, 3.05) is 40.1 Å². The first kappa shape index (κ1) is 16.0. The number of benzene rings is 1. The monoisotopic (exact) mass is 334 g/mol. The first-order chi connectivity index (χ1) is 11.8. The molecule has 1 N–H and O–H groups in total. The highest BCUT2D eigenvalue weighted by Gasteiger charge is 2.36. The van der Waals surface area contributed by atoms with Crippen LogP contribution in [0.4, 0.5) is 0 Å². The third-order valence-corrected chi connectivity index (χ3v) is 5.47. The Hall–Kier alpha value is -1.50. The Bertz CT molecular complexity index is 595. The summed E-state index contributed by atoms with van der Waals surface area (Å²) in [6.07, 6.45) is 3.40. The van der Waals surface area contributed by atoms with E-state index in [1.165, 1.54) is 24.9 Å². The summed E-state index contributed by atoms with van der Waals surface area (Å²) >= 11 is 0. The Morgan fingerprint density at radius 3 is 3.04 bits per heavy atom. The number of hydrogen-bond donors (Lipinski definition) is 1. The second kappa shape index (κ2) is 6.78. The molecule has 2 atom stereocenters. The van der Waals surface area contributed by atoms with Crippen molar-refractivity contribution in [2.45, 2.75) is 37.9 Å². The van der Waals surface area contributed by atoms with E-state index in [9.17, 15) is 5.11 Å². The predicted molar refractivity (Wildman–Crippen MR) is 89.6 cm³/mol. The molecule has 24 heavy (non-hydrogen) atoms. The SMILES string of the molecule is COc1cc(CN2C[C@H]3CCCN3C[C@@H]2CCO)cc2c1OCO2. The largest absolute Gasteiger partial charge is 0.493 e. The van der Waals surface area contributed by atoms with Gasteiger partial charge in [0.2, 0.25) is 12.5 Å². The van der Waals surface area contributed by atoms with Gasteiger partial charge in [0.25, 0.3) is 0 Å². The van der Waals surface area contributed by atoms with Crippen LogP contribution in [0.3, 0.4) is 0 Å². The second-order valence-corrected chi connectivity index (χ2v) is 6.92. The minimum Gasteiger partial charge on any atom is -0.493 e. The number of piperazine rings is 1. The van der Waals surface area contributed by atoms with Crippen LogP contribution in [-0.4, -0.2) is 67.1 Å². The van der Waals surface area contributed by atoms with E-state index in [2.05, 4.69) is 15.9 Å². The molecule has 3 aliphatic heterocycles. The van der Waals surface area contributed by atoms with Crippen molar-refractivity contribution < 1.29 is 19.3 Å². The molecule has 1 aromatic carbocycles. The highest BCUT2D eigenvalue weighted by atomic mass is 16.7. The lowest BCUT2D eigenvalue weighted by atomic mass is 10.0. The number of ether oxygens (including phenoxy) is 3. The minimum absolute atomic E-state index is 0.240. The molecule has 3 aliphatic rings. The van der Waals surface area contributed by atoms with Gasteiger partial charge in [-0.1, -0.05) is 0 Å². The molecule has 1 aromatic rings. The molecule has 6 nitrogen and oxygen atoms in total. The van der Waals surface area contributed by atoms with Gasteiger partial charge in [-0.05, 0) is 43.5 Å². The summed E-state index contributed by atoms with van der Waals surface area (Å²) in [6.45, 7) is 4.68. The highest BCUT2D eigenvalue weighted by molar-refractivity contribution is 5.55. The number of aliphatic hydroxyl groups excluding tert-OH is 1. The summed E-state index contributed by atoms with van der Waals surface area (Å²) in [4.78, 5) is 5.11. The Morgan fingerprint density at radius 1 is 1.29 bits per heavy atom. The number of fused-ring (bicyclic) bond motifs is 2. The molecule has 4 rings (SSSR count).